The van der Waals surface area contributed by atoms with Crippen LogP contribution in [0.1, 0.15) is 71.6 Å². The predicted octanol–water partition coefficient (Wildman–Crippen LogP) is 4.14. The molecule has 0 bridgehead atoms. The Bertz CT molecular complexity index is 243. The van der Waals surface area contributed by atoms with Crippen molar-refractivity contribution in [1.82, 2.24) is 5.32 Å². The maximum atomic E-state index is 6.25. The van der Waals surface area contributed by atoms with Crippen LogP contribution in [0.4, 0.5) is 0 Å². The zero-order valence-electron chi connectivity index (χ0n) is 13.0. The molecule has 0 aliphatic heterocycles. The van der Waals surface area contributed by atoms with Crippen LogP contribution in [-0.4, -0.2) is 25.3 Å². The van der Waals surface area contributed by atoms with Gasteiger partial charge in [0.15, 0.2) is 0 Å². The van der Waals surface area contributed by atoms with Gasteiger partial charge in [0.1, 0.15) is 0 Å². The van der Waals surface area contributed by atoms with Crippen molar-refractivity contribution in [3.05, 3.63) is 0 Å². The molecule has 2 aliphatic carbocycles. The number of rotatable bonds is 7. The van der Waals surface area contributed by atoms with Crippen LogP contribution >= 0.6 is 0 Å². The van der Waals surface area contributed by atoms with Gasteiger partial charge in [-0.1, -0.05) is 39.5 Å². The molecular weight excluding hydrogens is 234 g/mol. The SMILES string of the molecule is CCNC1CCCC1CCOC1CCCCC1CC. The average molecular weight is 267 g/mol. The number of hydrogen-bond acceptors (Lipinski definition) is 2. The van der Waals surface area contributed by atoms with Gasteiger partial charge in [-0.2, -0.15) is 0 Å². The standard InChI is InChI=1S/C17H33NO/c1-3-14-8-5-6-11-17(14)19-13-12-15-9-7-10-16(15)18-4-2/h14-18H,3-13H2,1-2H3. The van der Waals surface area contributed by atoms with E-state index in [4.69, 9.17) is 4.74 Å². The first kappa shape index (κ1) is 15.3. The van der Waals surface area contributed by atoms with Crippen LogP contribution in [0.5, 0.6) is 0 Å². The van der Waals surface area contributed by atoms with Gasteiger partial charge in [-0.05, 0) is 50.5 Å². The van der Waals surface area contributed by atoms with Crippen molar-refractivity contribution in [3.8, 4) is 0 Å². The molecule has 0 amide bonds. The molecule has 0 saturated heterocycles. The van der Waals surface area contributed by atoms with E-state index in [0.717, 1.165) is 31.0 Å². The summed E-state index contributed by atoms with van der Waals surface area (Å²) < 4.78 is 6.25. The summed E-state index contributed by atoms with van der Waals surface area (Å²) in [7, 11) is 0. The molecule has 112 valence electrons. The van der Waals surface area contributed by atoms with Crippen LogP contribution in [0.3, 0.4) is 0 Å². The van der Waals surface area contributed by atoms with E-state index >= 15 is 0 Å². The van der Waals surface area contributed by atoms with Crippen molar-refractivity contribution in [1.29, 1.82) is 0 Å². The van der Waals surface area contributed by atoms with Gasteiger partial charge in [-0.25, -0.2) is 0 Å². The van der Waals surface area contributed by atoms with Crippen molar-refractivity contribution in [3.63, 3.8) is 0 Å². The Kier molecular flexibility index (Phi) is 6.66. The summed E-state index contributed by atoms with van der Waals surface area (Å²) in [6.07, 6.45) is 12.8. The molecule has 2 heteroatoms. The molecule has 2 rings (SSSR count). The first-order valence-electron chi connectivity index (χ1n) is 8.70. The number of ether oxygens (including phenoxy) is 1. The molecule has 0 spiro atoms. The van der Waals surface area contributed by atoms with Gasteiger partial charge in [-0.3, -0.25) is 0 Å². The van der Waals surface area contributed by atoms with Gasteiger partial charge in [0.05, 0.1) is 6.10 Å². The van der Waals surface area contributed by atoms with Crippen LogP contribution in [-0.2, 0) is 4.74 Å². The summed E-state index contributed by atoms with van der Waals surface area (Å²) >= 11 is 0. The zero-order chi connectivity index (χ0) is 13.5. The molecule has 4 atom stereocenters. The minimum Gasteiger partial charge on any atom is -0.378 e. The van der Waals surface area contributed by atoms with Gasteiger partial charge in [0.25, 0.3) is 0 Å². The third-order valence-electron chi connectivity index (χ3n) is 5.31. The van der Waals surface area contributed by atoms with Crippen molar-refractivity contribution >= 4 is 0 Å². The fourth-order valence-electron chi connectivity index (χ4n) is 4.14. The quantitative estimate of drug-likeness (QED) is 0.748. The Morgan fingerprint density at radius 2 is 1.74 bits per heavy atom. The lowest BCUT2D eigenvalue weighted by atomic mass is 9.85. The van der Waals surface area contributed by atoms with Crippen molar-refractivity contribution in [2.75, 3.05) is 13.2 Å². The number of nitrogens with one attached hydrogen (secondary N) is 1. The topological polar surface area (TPSA) is 21.3 Å². The molecule has 4 unspecified atom stereocenters. The highest BCUT2D eigenvalue weighted by Gasteiger charge is 2.28. The number of hydrogen-bond donors (Lipinski definition) is 1. The van der Waals surface area contributed by atoms with Crippen LogP contribution in [0.15, 0.2) is 0 Å². The molecule has 2 saturated carbocycles. The van der Waals surface area contributed by atoms with Gasteiger partial charge < -0.3 is 10.1 Å². The highest BCUT2D eigenvalue weighted by atomic mass is 16.5. The molecule has 0 heterocycles. The molecule has 2 nitrogen and oxygen atoms in total. The molecule has 1 N–H and O–H groups in total. The van der Waals surface area contributed by atoms with E-state index in [2.05, 4.69) is 19.2 Å². The molecule has 0 aromatic carbocycles. The lowest BCUT2D eigenvalue weighted by Gasteiger charge is -2.31. The monoisotopic (exact) mass is 267 g/mol. The lowest BCUT2D eigenvalue weighted by Crippen LogP contribution is -2.33. The van der Waals surface area contributed by atoms with Gasteiger partial charge in [0, 0.05) is 12.6 Å². The third-order valence-corrected chi connectivity index (χ3v) is 5.31. The first-order valence-corrected chi connectivity index (χ1v) is 8.70. The summed E-state index contributed by atoms with van der Waals surface area (Å²) in [6, 6.07) is 0.766. The van der Waals surface area contributed by atoms with Crippen LogP contribution < -0.4 is 5.32 Å². The minimum atomic E-state index is 0.567. The maximum absolute atomic E-state index is 6.25. The Morgan fingerprint density at radius 3 is 2.53 bits per heavy atom. The molecule has 0 aromatic rings. The van der Waals surface area contributed by atoms with E-state index < -0.39 is 0 Å². The van der Waals surface area contributed by atoms with Crippen molar-refractivity contribution < 1.29 is 4.74 Å². The van der Waals surface area contributed by atoms with E-state index in [1.54, 1.807) is 0 Å². The van der Waals surface area contributed by atoms with Gasteiger partial charge in [-0.15, -0.1) is 0 Å². The first-order chi connectivity index (χ1) is 9.35. The third kappa shape index (κ3) is 4.46. The average Bonchev–Trinajstić information content (AvgIpc) is 2.87. The van der Waals surface area contributed by atoms with Gasteiger partial charge >= 0.3 is 0 Å². The molecule has 2 aliphatic rings. The largest absolute Gasteiger partial charge is 0.378 e. The van der Waals surface area contributed by atoms with Gasteiger partial charge in [0.2, 0.25) is 0 Å². The highest BCUT2D eigenvalue weighted by molar-refractivity contribution is 4.83. The second kappa shape index (κ2) is 8.26. The summed E-state index contributed by atoms with van der Waals surface area (Å²) in [5.41, 5.74) is 0. The molecule has 0 aromatic heterocycles. The summed E-state index contributed by atoms with van der Waals surface area (Å²) in [5, 5.41) is 3.65. The molecular formula is C17H33NO. The van der Waals surface area contributed by atoms with E-state index in [0.29, 0.717) is 6.10 Å². The minimum absolute atomic E-state index is 0.567. The Balaban J connectivity index is 1.67. The fraction of sp³-hybridized carbons (Fsp3) is 1.00. The lowest BCUT2D eigenvalue weighted by molar-refractivity contribution is -0.0178. The van der Waals surface area contributed by atoms with E-state index in [1.165, 1.54) is 57.8 Å². The maximum Gasteiger partial charge on any atom is 0.0603 e. The van der Waals surface area contributed by atoms with E-state index in [9.17, 15) is 0 Å². The van der Waals surface area contributed by atoms with Crippen LogP contribution in [0.25, 0.3) is 0 Å². The van der Waals surface area contributed by atoms with Crippen LogP contribution in [0.2, 0.25) is 0 Å². The fourth-order valence-corrected chi connectivity index (χ4v) is 4.14. The van der Waals surface area contributed by atoms with Crippen molar-refractivity contribution in [2.45, 2.75) is 83.8 Å². The smallest absolute Gasteiger partial charge is 0.0603 e. The summed E-state index contributed by atoms with van der Waals surface area (Å²) in [5.74, 6) is 1.70. The predicted molar refractivity (Wildman–Crippen MR) is 81.4 cm³/mol. The molecule has 2 fully saturated rings. The summed E-state index contributed by atoms with van der Waals surface area (Å²) in [4.78, 5) is 0. The normalized spacial score (nSPS) is 35.7. The Hall–Kier alpha value is -0.0800. The van der Waals surface area contributed by atoms with E-state index in [1.807, 2.05) is 0 Å². The zero-order valence-corrected chi connectivity index (χ0v) is 13.0. The second-order valence-electron chi connectivity index (χ2n) is 6.51. The van der Waals surface area contributed by atoms with Crippen molar-refractivity contribution in [2.24, 2.45) is 11.8 Å². The second-order valence-corrected chi connectivity index (χ2v) is 6.51. The van der Waals surface area contributed by atoms with E-state index in [-0.39, 0.29) is 0 Å². The molecule has 0 radical (unpaired) electrons. The Morgan fingerprint density at radius 1 is 0.947 bits per heavy atom. The molecule has 19 heavy (non-hydrogen) atoms. The summed E-state index contributed by atoms with van der Waals surface area (Å²) in [6.45, 7) is 6.65. The highest BCUT2D eigenvalue weighted by Crippen LogP contribution is 2.31. The Labute approximate surface area is 119 Å². The van der Waals surface area contributed by atoms with Crippen LogP contribution in [0, 0.1) is 11.8 Å².